The standard InChI is InChI=1S/C22H34N4O2/c1-5-15-28-20-10-8-7-9-18(20)16-24-22(23-6-2)25-19-11-13-26(14-12-19)21(27)17(3)4/h5,7-10,17,19H,1,6,11-16H2,2-4H3,(H2,23,24,25). The number of carbonyl (C=O) groups excluding carboxylic acids is 1. The third-order valence-electron chi connectivity index (χ3n) is 4.72. The number of para-hydroxylation sites is 1. The smallest absolute Gasteiger partial charge is 0.225 e. The molecule has 1 aliphatic heterocycles. The number of hydrogen-bond acceptors (Lipinski definition) is 3. The van der Waals surface area contributed by atoms with Crippen molar-refractivity contribution < 1.29 is 9.53 Å². The minimum absolute atomic E-state index is 0.0618. The van der Waals surface area contributed by atoms with Gasteiger partial charge in [-0.05, 0) is 25.8 Å². The summed E-state index contributed by atoms with van der Waals surface area (Å²) in [5.74, 6) is 1.94. The molecule has 0 spiro atoms. The first-order chi connectivity index (χ1) is 13.5. The summed E-state index contributed by atoms with van der Waals surface area (Å²) < 4.78 is 5.72. The van der Waals surface area contributed by atoms with Crippen LogP contribution in [0.4, 0.5) is 0 Å². The molecule has 1 amide bonds. The number of nitrogens with zero attached hydrogens (tertiary/aromatic N) is 2. The van der Waals surface area contributed by atoms with Crippen LogP contribution >= 0.6 is 0 Å². The predicted octanol–water partition coefficient (Wildman–Crippen LogP) is 2.95. The number of benzene rings is 1. The Kier molecular flexibility index (Phi) is 8.85. The second kappa shape index (κ2) is 11.4. The van der Waals surface area contributed by atoms with Crippen molar-refractivity contribution in [2.75, 3.05) is 26.2 Å². The van der Waals surface area contributed by atoms with Crippen LogP contribution in [0.2, 0.25) is 0 Å². The molecule has 0 unspecified atom stereocenters. The van der Waals surface area contributed by atoms with Crippen molar-refractivity contribution in [3.8, 4) is 5.75 Å². The third-order valence-corrected chi connectivity index (χ3v) is 4.72. The van der Waals surface area contributed by atoms with Crippen molar-refractivity contribution in [3.63, 3.8) is 0 Å². The molecule has 6 nitrogen and oxygen atoms in total. The zero-order valence-electron chi connectivity index (χ0n) is 17.4. The van der Waals surface area contributed by atoms with Crippen LogP contribution in [0.25, 0.3) is 0 Å². The van der Waals surface area contributed by atoms with Crippen LogP contribution in [0.3, 0.4) is 0 Å². The molecule has 2 rings (SSSR count). The highest BCUT2D eigenvalue weighted by Gasteiger charge is 2.24. The maximum absolute atomic E-state index is 12.1. The molecule has 1 aliphatic rings. The fourth-order valence-corrected chi connectivity index (χ4v) is 3.21. The molecule has 6 heteroatoms. The highest BCUT2D eigenvalue weighted by molar-refractivity contribution is 5.80. The van der Waals surface area contributed by atoms with Crippen LogP contribution < -0.4 is 15.4 Å². The van der Waals surface area contributed by atoms with Crippen LogP contribution in [0.1, 0.15) is 39.2 Å². The Morgan fingerprint density at radius 2 is 2.07 bits per heavy atom. The molecule has 0 atom stereocenters. The quantitative estimate of drug-likeness (QED) is 0.410. The molecule has 1 saturated heterocycles. The third kappa shape index (κ3) is 6.59. The second-order valence-corrected chi connectivity index (χ2v) is 7.30. The number of rotatable bonds is 8. The molecule has 2 N–H and O–H groups in total. The minimum Gasteiger partial charge on any atom is -0.489 e. The maximum atomic E-state index is 12.1. The number of nitrogens with one attached hydrogen (secondary N) is 2. The first-order valence-corrected chi connectivity index (χ1v) is 10.2. The largest absolute Gasteiger partial charge is 0.489 e. The van der Waals surface area contributed by atoms with Crippen molar-refractivity contribution in [3.05, 3.63) is 42.5 Å². The Morgan fingerprint density at radius 3 is 2.71 bits per heavy atom. The van der Waals surface area contributed by atoms with Gasteiger partial charge < -0.3 is 20.3 Å². The van der Waals surface area contributed by atoms with Gasteiger partial charge in [-0.25, -0.2) is 4.99 Å². The van der Waals surface area contributed by atoms with Gasteiger partial charge in [0.2, 0.25) is 5.91 Å². The zero-order valence-corrected chi connectivity index (χ0v) is 17.4. The fourth-order valence-electron chi connectivity index (χ4n) is 3.21. The van der Waals surface area contributed by atoms with Gasteiger partial charge in [0, 0.05) is 37.2 Å². The molecule has 0 aliphatic carbocycles. The van der Waals surface area contributed by atoms with E-state index in [-0.39, 0.29) is 11.8 Å². The summed E-state index contributed by atoms with van der Waals surface area (Å²) in [5, 5.41) is 6.84. The molecule has 1 aromatic rings. The molecule has 1 heterocycles. The molecule has 0 bridgehead atoms. The summed E-state index contributed by atoms with van der Waals surface area (Å²) in [4.78, 5) is 18.9. The lowest BCUT2D eigenvalue weighted by molar-refractivity contribution is -0.135. The molecule has 0 radical (unpaired) electrons. The van der Waals surface area contributed by atoms with Crippen LogP contribution in [0.5, 0.6) is 5.75 Å². The van der Waals surface area contributed by atoms with Crippen molar-refractivity contribution >= 4 is 11.9 Å². The summed E-state index contributed by atoms with van der Waals surface area (Å²) in [5.41, 5.74) is 1.04. The summed E-state index contributed by atoms with van der Waals surface area (Å²) in [6, 6.07) is 8.26. The maximum Gasteiger partial charge on any atom is 0.225 e. The number of aliphatic imine (C=N–C) groups is 1. The number of carbonyl (C=O) groups is 1. The average molecular weight is 387 g/mol. The van der Waals surface area contributed by atoms with E-state index >= 15 is 0 Å². The highest BCUT2D eigenvalue weighted by Crippen LogP contribution is 2.19. The van der Waals surface area contributed by atoms with E-state index in [4.69, 9.17) is 9.73 Å². The SMILES string of the molecule is C=CCOc1ccccc1CN=C(NCC)NC1CCN(C(=O)C(C)C)CC1. The van der Waals surface area contributed by atoms with Crippen molar-refractivity contribution in [1.82, 2.24) is 15.5 Å². The molecular formula is C22H34N4O2. The first-order valence-electron chi connectivity index (χ1n) is 10.2. The van der Waals surface area contributed by atoms with Gasteiger partial charge in [-0.15, -0.1) is 0 Å². The highest BCUT2D eigenvalue weighted by atomic mass is 16.5. The van der Waals surface area contributed by atoms with E-state index in [1.807, 2.05) is 43.0 Å². The normalized spacial score (nSPS) is 15.4. The lowest BCUT2D eigenvalue weighted by atomic mass is 10.0. The van der Waals surface area contributed by atoms with E-state index in [1.165, 1.54) is 0 Å². The Balaban J connectivity index is 1.95. The van der Waals surface area contributed by atoms with Gasteiger partial charge in [0.15, 0.2) is 5.96 Å². The lowest BCUT2D eigenvalue weighted by Crippen LogP contribution is -2.50. The zero-order chi connectivity index (χ0) is 20.4. The van der Waals surface area contributed by atoms with Gasteiger partial charge in [0.05, 0.1) is 6.54 Å². The molecule has 28 heavy (non-hydrogen) atoms. The number of hydrogen-bond donors (Lipinski definition) is 2. The number of likely N-dealkylation sites (tertiary alicyclic amines) is 1. The second-order valence-electron chi connectivity index (χ2n) is 7.30. The van der Waals surface area contributed by atoms with E-state index < -0.39 is 0 Å². The number of ether oxygens (including phenoxy) is 1. The topological polar surface area (TPSA) is 66.0 Å². The van der Waals surface area contributed by atoms with Gasteiger partial charge in [-0.3, -0.25) is 4.79 Å². The minimum atomic E-state index is 0.0618. The molecular weight excluding hydrogens is 352 g/mol. The van der Waals surface area contributed by atoms with E-state index in [0.717, 1.165) is 49.7 Å². The summed E-state index contributed by atoms with van der Waals surface area (Å²) in [6.07, 6.45) is 3.60. The molecule has 1 fully saturated rings. The Hall–Kier alpha value is -2.50. The van der Waals surface area contributed by atoms with Crippen molar-refractivity contribution in [2.24, 2.45) is 10.9 Å². The monoisotopic (exact) mass is 386 g/mol. The average Bonchev–Trinajstić information content (AvgIpc) is 2.71. The van der Waals surface area contributed by atoms with Gasteiger partial charge >= 0.3 is 0 Å². The van der Waals surface area contributed by atoms with Gasteiger partial charge in [0.1, 0.15) is 12.4 Å². The van der Waals surface area contributed by atoms with E-state index in [2.05, 4.69) is 24.1 Å². The van der Waals surface area contributed by atoms with Gasteiger partial charge in [-0.2, -0.15) is 0 Å². The summed E-state index contributed by atoms with van der Waals surface area (Å²) >= 11 is 0. The fraction of sp³-hybridized carbons (Fsp3) is 0.545. The molecule has 154 valence electrons. The number of amides is 1. The van der Waals surface area contributed by atoms with Gasteiger partial charge in [0.25, 0.3) is 0 Å². The van der Waals surface area contributed by atoms with E-state index in [0.29, 0.717) is 19.2 Å². The van der Waals surface area contributed by atoms with Gasteiger partial charge in [-0.1, -0.05) is 44.7 Å². The molecule has 0 aromatic heterocycles. The van der Waals surface area contributed by atoms with Crippen LogP contribution in [-0.2, 0) is 11.3 Å². The van der Waals surface area contributed by atoms with Crippen LogP contribution in [0, 0.1) is 5.92 Å². The Bertz CT molecular complexity index is 664. The van der Waals surface area contributed by atoms with Crippen LogP contribution in [-0.4, -0.2) is 49.0 Å². The lowest BCUT2D eigenvalue weighted by Gasteiger charge is -2.34. The van der Waals surface area contributed by atoms with Crippen molar-refractivity contribution in [1.29, 1.82) is 0 Å². The Morgan fingerprint density at radius 1 is 1.36 bits per heavy atom. The van der Waals surface area contributed by atoms with E-state index in [1.54, 1.807) is 6.08 Å². The molecule has 0 saturated carbocycles. The summed E-state index contributed by atoms with van der Waals surface area (Å²) in [6.45, 7) is 13.1. The predicted molar refractivity (Wildman–Crippen MR) is 115 cm³/mol. The Labute approximate surface area is 169 Å². The van der Waals surface area contributed by atoms with Crippen LogP contribution in [0.15, 0.2) is 41.9 Å². The van der Waals surface area contributed by atoms with E-state index in [9.17, 15) is 4.79 Å². The number of guanidine groups is 1. The molecule has 1 aromatic carbocycles. The summed E-state index contributed by atoms with van der Waals surface area (Å²) in [7, 11) is 0. The number of piperidine rings is 1. The first kappa shape index (κ1) is 21.8. The van der Waals surface area contributed by atoms with Crippen molar-refractivity contribution in [2.45, 2.75) is 46.2 Å².